The van der Waals surface area contributed by atoms with Crippen molar-refractivity contribution in [1.82, 2.24) is 15.1 Å². The Morgan fingerprint density at radius 3 is 2.82 bits per heavy atom. The Balaban J connectivity index is 2.06. The predicted octanol–water partition coefficient (Wildman–Crippen LogP) is 1.99. The lowest BCUT2D eigenvalue weighted by Gasteiger charge is -2.25. The molecule has 0 saturated heterocycles. The van der Waals surface area contributed by atoms with Crippen molar-refractivity contribution in [2.24, 2.45) is 0 Å². The van der Waals surface area contributed by atoms with Crippen molar-refractivity contribution in [2.75, 3.05) is 6.54 Å². The normalized spacial score (nSPS) is 12.7. The van der Waals surface area contributed by atoms with Gasteiger partial charge in [0.25, 0.3) is 5.91 Å². The average molecular weight is 321 g/mol. The molecule has 2 rings (SSSR count). The zero-order valence-electron chi connectivity index (χ0n) is 12.8. The number of nitrogens with zero attached hydrogens (tertiary/aromatic N) is 2. The van der Waals surface area contributed by atoms with Crippen LogP contribution in [0.2, 0.25) is 0 Å². The molecule has 0 spiro atoms. The summed E-state index contributed by atoms with van der Waals surface area (Å²) in [7, 11) is 0. The molecule has 1 N–H and O–H groups in total. The lowest BCUT2D eigenvalue weighted by molar-refractivity contribution is -0.162. The monoisotopic (exact) mass is 321 g/mol. The van der Waals surface area contributed by atoms with Gasteiger partial charge in [-0.1, -0.05) is 0 Å². The van der Waals surface area contributed by atoms with Crippen LogP contribution in [-0.4, -0.2) is 33.8 Å². The molecule has 7 heteroatoms. The first-order chi connectivity index (χ1) is 10.4. The number of nitrogens with one attached hydrogen (secondary N) is 1. The second kappa shape index (κ2) is 6.74. The number of esters is 1. The van der Waals surface area contributed by atoms with Crippen molar-refractivity contribution in [1.29, 1.82) is 0 Å². The van der Waals surface area contributed by atoms with Crippen LogP contribution in [0, 0.1) is 0 Å². The molecule has 0 unspecified atom stereocenters. The Morgan fingerprint density at radius 2 is 2.27 bits per heavy atom. The first kappa shape index (κ1) is 16.2. The summed E-state index contributed by atoms with van der Waals surface area (Å²) in [5, 5.41) is 11.1. The van der Waals surface area contributed by atoms with Crippen LogP contribution in [0.3, 0.4) is 0 Å². The van der Waals surface area contributed by atoms with Crippen LogP contribution in [0.5, 0.6) is 0 Å². The highest BCUT2D eigenvalue weighted by atomic mass is 32.1. The molecular formula is C15H19N3O3S. The molecule has 1 amide bonds. The van der Waals surface area contributed by atoms with E-state index in [1.807, 2.05) is 29.1 Å². The lowest BCUT2D eigenvalue weighted by atomic mass is 10.1. The van der Waals surface area contributed by atoms with Gasteiger partial charge in [-0.3, -0.25) is 14.3 Å². The molecule has 0 radical (unpaired) electrons. The summed E-state index contributed by atoms with van der Waals surface area (Å²) in [6.07, 6.45) is 3.55. The van der Waals surface area contributed by atoms with E-state index in [1.54, 1.807) is 36.1 Å². The number of rotatable bonds is 6. The maximum Gasteiger partial charge on any atom is 0.303 e. The number of carbonyl (C=O) groups is 2. The Morgan fingerprint density at radius 1 is 1.50 bits per heavy atom. The van der Waals surface area contributed by atoms with Crippen LogP contribution < -0.4 is 5.32 Å². The van der Waals surface area contributed by atoms with Gasteiger partial charge in [-0.15, -0.1) is 0 Å². The summed E-state index contributed by atoms with van der Waals surface area (Å²) in [6, 6.07) is 3.74. The average Bonchev–Trinajstić information content (AvgIpc) is 3.10. The van der Waals surface area contributed by atoms with Gasteiger partial charge in [0.1, 0.15) is 0 Å². The van der Waals surface area contributed by atoms with E-state index in [1.165, 1.54) is 6.92 Å². The molecule has 118 valence electrons. The Bertz CT molecular complexity index is 586. The van der Waals surface area contributed by atoms with Crippen LogP contribution in [-0.2, 0) is 14.3 Å². The van der Waals surface area contributed by atoms with E-state index in [9.17, 15) is 9.59 Å². The number of hydrogen-bond acceptors (Lipinski definition) is 5. The van der Waals surface area contributed by atoms with Crippen molar-refractivity contribution < 1.29 is 14.3 Å². The smallest absolute Gasteiger partial charge is 0.303 e. The highest BCUT2D eigenvalue weighted by molar-refractivity contribution is 7.07. The second-order valence-corrected chi connectivity index (χ2v) is 6.15. The van der Waals surface area contributed by atoms with Gasteiger partial charge in [0.2, 0.25) is 0 Å². The lowest BCUT2D eigenvalue weighted by Crippen LogP contribution is -2.46. The van der Waals surface area contributed by atoms with Gasteiger partial charge in [-0.05, 0) is 42.3 Å². The maximum atomic E-state index is 12.2. The molecule has 2 heterocycles. The zero-order chi connectivity index (χ0) is 16.2. The van der Waals surface area contributed by atoms with Crippen LogP contribution in [0.1, 0.15) is 32.4 Å². The molecule has 2 aromatic heterocycles. The van der Waals surface area contributed by atoms with Gasteiger partial charge in [-0.2, -0.15) is 16.4 Å². The first-order valence-corrected chi connectivity index (χ1v) is 7.83. The third-order valence-electron chi connectivity index (χ3n) is 3.17. The second-order valence-electron chi connectivity index (χ2n) is 5.37. The van der Waals surface area contributed by atoms with E-state index in [4.69, 9.17) is 4.74 Å². The summed E-state index contributed by atoms with van der Waals surface area (Å²) in [5.74, 6) is -0.823. The molecule has 0 aliphatic rings. The number of thiophene rings is 1. The number of hydrogen-bond donors (Lipinski definition) is 1. The van der Waals surface area contributed by atoms with Crippen molar-refractivity contribution in [3.05, 3.63) is 40.8 Å². The van der Waals surface area contributed by atoms with E-state index in [0.717, 1.165) is 5.56 Å². The molecule has 0 fully saturated rings. The third-order valence-corrected chi connectivity index (χ3v) is 3.88. The van der Waals surface area contributed by atoms with Crippen LogP contribution >= 0.6 is 11.3 Å². The van der Waals surface area contributed by atoms with Crippen LogP contribution in [0.4, 0.5) is 0 Å². The van der Waals surface area contributed by atoms with Gasteiger partial charge in [0.05, 0.1) is 6.04 Å². The molecule has 0 aliphatic heterocycles. The largest absolute Gasteiger partial charge is 0.450 e. The fraction of sp³-hybridized carbons (Fsp3) is 0.400. The molecule has 1 atom stereocenters. The number of ether oxygens (including phenoxy) is 1. The van der Waals surface area contributed by atoms with Crippen molar-refractivity contribution in [2.45, 2.75) is 32.4 Å². The van der Waals surface area contributed by atoms with E-state index in [0.29, 0.717) is 6.54 Å². The standard InChI is InChI=1S/C15H19N3O3S/c1-11(19)21-15(2,3)14(20)16-9-13(12-5-8-22-10-12)18-7-4-6-17-18/h4-8,10,13H,9H2,1-3H3,(H,16,20)/t13-/m0/s1. The fourth-order valence-electron chi connectivity index (χ4n) is 2.10. The highest BCUT2D eigenvalue weighted by Gasteiger charge is 2.31. The molecule has 0 saturated carbocycles. The van der Waals surface area contributed by atoms with Gasteiger partial charge >= 0.3 is 5.97 Å². The topological polar surface area (TPSA) is 73.2 Å². The van der Waals surface area contributed by atoms with Gasteiger partial charge in [0.15, 0.2) is 5.60 Å². The molecule has 0 bridgehead atoms. The third kappa shape index (κ3) is 3.94. The summed E-state index contributed by atoms with van der Waals surface area (Å²) in [5.41, 5.74) is -0.130. The highest BCUT2D eigenvalue weighted by Crippen LogP contribution is 2.20. The van der Waals surface area contributed by atoms with Crippen molar-refractivity contribution in [3.8, 4) is 0 Å². The number of aromatic nitrogens is 2. The van der Waals surface area contributed by atoms with Crippen molar-refractivity contribution in [3.63, 3.8) is 0 Å². The van der Waals surface area contributed by atoms with Gasteiger partial charge in [-0.25, -0.2) is 0 Å². The molecule has 0 aliphatic carbocycles. The summed E-state index contributed by atoms with van der Waals surface area (Å²) < 4.78 is 6.83. The Hall–Kier alpha value is -2.15. The van der Waals surface area contributed by atoms with E-state index >= 15 is 0 Å². The number of amides is 1. The van der Waals surface area contributed by atoms with Gasteiger partial charge in [0, 0.05) is 25.9 Å². The number of carbonyl (C=O) groups excluding carboxylic acids is 2. The SMILES string of the molecule is CC(=O)OC(C)(C)C(=O)NC[C@@H](c1ccsc1)n1cccn1. The van der Waals surface area contributed by atoms with E-state index in [2.05, 4.69) is 10.4 Å². The summed E-state index contributed by atoms with van der Waals surface area (Å²) in [6.45, 7) is 4.78. The molecule has 6 nitrogen and oxygen atoms in total. The summed E-state index contributed by atoms with van der Waals surface area (Å²) in [4.78, 5) is 23.3. The molecular weight excluding hydrogens is 302 g/mol. The zero-order valence-corrected chi connectivity index (χ0v) is 13.6. The minimum absolute atomic E-state index is 0.0988. The molecule has 22 heavy (non-hydrogen) atoms. The minimum atomic E-state index is -1.20. The molecule has 0 aromatic carbocycles. The van der Waals surface area contributed by atoms with Crippen LogP contribution in [0.15, 0.2) is 35.3 Å². The first-order valence-electron chi connectivity index (χ1n) is 6.89. The maximum absolute atomic E-state index is 12.2. The Labute approximate surface area is 133 Å². The Kier molecular flexibility index (Phi) is 4.97. The quantitative estimate of drug-likeness (QED) is 0.826. The predicted molar refractivity (Wildman–Crippen MR) is 83.5 cm³/mol. The van der Waals surface area contributed by atoms with Gasteiger partial charge < -0.3 is 10.1 Å². The van der Waals surface area contributed by atoms with E-state index < -0.39 is 11.6 Å². The van der Waals surface area contributed by atoms with Crippen molar-refractivity contribution >= 4 is 23.2 Å². The van der Waals surface area contributed by atoms with E-state index in [-0.39, 0.29) is 11.9 Å². The summed E-state index contributed by atoms with van der Waals surface area (Å²) >= 11 is 1.59. The van der Waals surface area contributed by atoms with Crippen LogP contribution in [0.25, 0.3) is 0 Å². The minimum Gasteiger partial charge on any atom is -0.450 e. The molecule has 2 aromatic rings. The fourth-order valence-corrected chi connectivity index (χ4v) is 2.81.